The van der Waals surface area contributed by atoms with Gasteiger partial charge in [0.2, 0.25) is 5.95 Å². The van der Waals surface area contributed by atoms with Gasteiger partial charge in [-0.3, -0.25) is 5.32 Å². The van der Waals surface area contributed by atoms with Crippen molar-refractivity contribution in [1.82, 2.24) is 24.4 Å². The lowest BCUT2D eigenvalue weighted by Gasteiger charge is -2.25. The number of pyridine rings is 2. The van der Waals surface area contributed by atoms with Crippen molar-refractivity contribution in [2.24, 2.45) is 7.05 Å². The first kappa shape index (κ1) is 25.8. The van der Waals surface area contributed by atoms with E-state index in [1.807, 2.05) is 0 Å². The first-order chi connectivity index (χ1) is 18.6. The van der Waals surface area contributed by atoms with Crippen LogP contribution in [0.4, 0.5) is 29.7 Å². The summed E-state index contributed by atoms with van der Waals surface area (Å²) in [6, 6.07) is 5.05. The number of nitrogens with zero attached hydrogens (tertiary/aromatic N) is 6. The van der Waals surface area contributed by atoms with Gasteiger partial charge in [-0.05, 0) is 12.1 Å². The lowest BCUT2D eigenvalue weighted by atomic mass is 10.1. The van der Waals surface area contributed by atoms with Gasteiger partial charge in [-0.15, -0.1) is 0 Å². The number of aromatic nitrogens is 4. The van der Waals surface area contributed by atoms with Gasteiger partial charge >= 0.3 is 12.3 Å². The van der Waals surface area contributed by atoms with Crippen LogP contribution < -0.4 is 15.4 Å². The second kappa shape index (κ2) is 10.1. The Morgan fingerprint density at radius 1 is 1.28 bits per heavy atom. The molecule has 0 bridgehead atoms. The molecule has 12 nitrogen and oxygen atoms in total. The molecule has 1 fully saturated rings. The molecule has 1 saturated heterocycles. The topological polar surface area (TPSA) is 139 Å². The Hall–Kier alpha value is -4.84. The molecule has 0 atom stereocenters. The molecular formula is C24H21F3N8O4. The molecule has 5 heterocycles. The zero-order chi connectivity index (χ0) is 27.7. The highest BCUT2D eigenvalue weighted by Crippen LogP contribution is 2.33. The van der Waals surface area contributed by atoms with Crippen LogP contribution in [0, 0.1) is 11.3 Å². The van der Waals surface area contributed by atoms with Crippen molar-refractivity contribution in [1.29, 1.82) is 5.26 Å². The molecule has 2 N–H and O–H groups in total. The average Bonchev–Trinajstić information content (AvgIpc) is 3.16. The van der Waals surface area contributed by atoms with Crippen molar-refractivity contribution < 1.29 is 32.2 Å². The first-order valence-electron chi connectivity index (χ1n) is 11.5. The fraction of sp³-hybridized carbons (Fsp3) is 0.292. The summed E-state index contributed by atoms with van der Waals surface area (Å²) in [5, 5.41) is 15.3. The van der Waals surface area contributed by atoms with E-state index in [0.717, 1.165) is 12.3 Å². The van der Waals surface area contributed by atoms with Crippen molar-refractivity contribution in [2.45, 2.75) is 12.3 Å². The van der Waals surface area contributed by atoms with Crippen LogP contribution in [0.3, 0.4) is 0 Å². The molecule has 0 radical (unpaired) electrons. The number of rotatable bonds is 6. The summed E-state index contributed by atoms with van der Waals surface area (Å²) in [5.41, 5.74) is 0.0680. The maximum atomic E-state index is 13.3. The third-order valence-corrected chi connectivity index (χ3v) is 5.75. The second-order valence-corrected chi connectivity index (χ2v) is 8.74. The number of hydrogen-bond acceptors (Lipinski definition) is 10. The van der Waals surface area contributed by atoms with E-state index < -0.39 is 17.8 Å². The summed E-state index contributed by atoms with van der Waals surface area (Å²) >= 11 is 0. The predicted molar refractivity (Wildman–Crippen MR) is 131 cm³/mol. The minimum absolute atomic E-state index is 0.101. The number of imidazole rings is 1. The van der Waals surface area contributed by atoms with Crippen LogP contribution in [0.25, 0.3) is 11.2 Å². The van der Waals surface area contributed by atoms with E-state index in [-0.39, 0.29) is 52.8 Å². The van der Waals surface area contributed by atoms with E-state index in [1.54, 1.807) is 7.05 Å². The van der Waals surface area contributed by atoms with E-state index in [2.05, 4.69) is 31.7 Å². The number of halogens is 3. The van der Waals surface area contributed by atoms with Crippen LogP contribution in [0.15, 0.2) is 48.1 Å². The number of hydrogen-bond donors (Lipinski definition) is 2. The van der Waals surface area contributed by atoms with Gasteiger partial charge in [0.1, 0.15) is 28.7 Å². The fourth-order valence-corrected chi connectivity index (χ4v) is 3.89. The van der Waals surface area contributed by atoms with E-state index >= 15 is 0 Å². The number of allylic oxidation sites excluding steroid dienone is 2. The number of nitriles is 1. The minimum atomic E-state index is -4.51. The largest absolute Gasteiger partial charge is 0.454 e. The van der Waals surface area contributed by atoms with Gasteiger partial charge in [0, 0.05) is 38.3 Å². The average molecular weight is 542 g/mol. The highest BCUT2D eigenvalue weighted by Gasteiger charge is 2.34. The molecule has 5 rings (SSSR count). The van der Waals surface area contributed by atoms with Gasteiger partial charge in [0.05, 0.1) is 31.5 Å². The lowest BCUT2D eigenvalue weighted by Crippen LogP contribution is -2.39. The van der Waals surface area contributed by atoms with Gasteiger partial charge in [0.15, 0.2) is 17.5 Å². The van der Waals surface area contributed by atoms with Gasteiger partial charge in [-0.1, -0.05) is 0 Å². The van der Waals surface area contributed by atoms with Gasteiger partial charge < -0.3 is 29.0 Å². The van der Waals surface area contributed by atoms with E-state index in [0.29, 0.717) is 18.7 Å². The Labute approximate surface area is 219 Å². The maximum Gasteiger partial charge on any atom is 0.417 e. The number of amides is 1. The summed E-state index contributed by atoms with van der Waals surface area (Å²) in [4.78, 5) is 26.1. The molecule has 0 spiro atoms. The Kier molecular flexibility index (Phi) is 6.71. The standard InChI is InChI=1S/C24H21F3N8O4/c1-34-9-13(24(25,26)27)5-14(10-34)31-22-33-21-20(35(22)2)17(7-28)18(8-30-21)38-15-3-4-29-19(6-15)32-23(36)39-16-11-37-12-16/h3-6,8-9,16H,10-12H2,1-2H3,(H,29,32,36)(H,30,31,33). The molecule has 0 aromatic carbocycles. The molecule has 3 aromatic rings. The zero-order valence-electron chi connectivity index (χ0n) is 20.6. The van der Waals surface area contributed by atoms with Crippen LogP contribution >= 0.6 is 0 Å². The summed E-state index contributed by atoms with van der Waals surface area (Å²) in [6.07, 6.45) is -0.765. The molecule has 1 amide bonds. The quantitative estimate of drug-likeness (QED) is 0.474. The summed E-state index contributed by atoms with van der Waals surface area (Å²) in [6.45, 7) is 0.861. The third-order valence-electron chi connectivity index (χ3n) is 5.75. The number of anilines is 2. The van der Waals surface area contributed by atoms with Crippen LogP contribution in [-0.4, -0.2) is 69.6 Å². The Morgan fingerprint density at radius 2 is 2.08 bits per heavy atom. The predicted octanol–water partition coefficient (Wildman–Crippen LogP) is 3.66. The normalized spacial score (nSPS) is 15.6. The van der Waals surface area contributed by atoms with E-state index in [4.69, 9.17) is 14.2 Å². The fourth-order valence-electron chi connectivity index (χ4n) is 3.89. The zero-order valence-corrected chi connectivity index (χ0v) is 20.6. The molecule has 0 unspecified atom stereocenters. The molecule has 2 aliphatic rings. The van der Waals surface area contributed by atoms with Crippen LogP contribution in [0.1, 0.15) is 5.56 Å². The maximum absolute atomic E-state index is 13.3. The number of aryl methyl sites for hydroxylation is 1. The number of carbonyl (C=O) groups is 1. The summed E-state index contributed by atoms with van der Waals surface area (Å²) < 4.78 is 57.3. The molecule has 2 aliphatic heterocycles. The van der Waals surface area contributed by atoms with Crippen molar-refractivity contribution in [2.75, 3.05) is 37.4 Å². The van der Waals surface area contributed by atoms with Crippen LogP contribution in [0.2, 0.25) is 0 Å². The van der Waals surface area contributed by atoms with Crippen molar-refractivity contribution in [3.63, 3.8) is 0 Å². The SMILES string of the molecule is CN1C=C(C(F)(F)F)C=C(Nc2nc3ncc(Oc4ccnc(NC(=O)OC5COC5)c4)c(C#N)c3n2C)C1. The molecule has 15 heteroatoms. The molecule has 3 aromatic heterocycles. The van der Waals surface area contributed by atoms with Crippen molar-refractivity contribution >= 4 is 29.0 Å². The van der Waals surface area contributed by atoms with Gasteiger partial charge in [0.25, 0.3) is 0 Å². The van der Waals surface area contributed by atoms with Gasteiger partial charge in [-0.25, -0.2) is 14.8 Å². The monoisotopic (exact) mass is 542 g/mol. The number of ether oxygens (including phenoxy) is 3. The van der Waals surface area contributed by atoms with E-state index in [9.17, 15) is 23.2 Å². The number of nitrogens with one attached hydrogen (secondary N) is 2. The minimum Gasteiger partial charge on any atom is -0.454 e. The van der Waals surface area contributed by atoms with E-state index in [1.165, 1.54) is 41.0 Å². The third kappa shape index (κ3) is 5.55. The van der Waals surface area contributed by atoms with Crippen LogP contribution in [-0.2, 0) is 16.5 Å². The first-order valence-corrected chi connectivity index (χ1v) is 11.5. The number of likely N-dealkylation sites (N-methyl/N-ethyl adjacent to an activating group) is 1. The molecule has 202 valence electrons. The molecule has 0 saturated carbocycles. The second-order valence-electron chi connectivity index (χ2n) is 8.74. The number of carbonyl (C=O) groups excluding carboxylic acids is 1. The van der Waals surface area contributed by atoms with Crippen molar-refractivity contribution in [3.05, 3.63) is 53.6 Å². The van der Waals surface area contributed by atoms with Crippen molar-refractivity contribution in [3.8, 4) is 17.6 Å². The highest BCUT2D eigenvalue weighted by atomic mass is 19.4. The Bertz CT molecular complexity index is 1540. The molecule has 39 heavy (non-hydrogen) atoms. The Balaban J connectivity index is 1.38. The summed E-state index contributed by atoms with van der Waals surface area (Å²) in [7, 11) is 3.13. The Morgan fingerprint density at radius 3 is 2.77 bits per heavy atom. The highest BCUT2D eigenvalue weighted by molar-refractivity contribution is 5.85. The number of alkyl halides is 3. The van der Waals surface area contributed by atoms with Crippen LogP contribution in [0.5, 0.6) is 11.5 Å². The lowest BCUT2D eigenvalue weighted by molar-refractivity contribution is -0.0951. The number of fused-ring (bicyclic) bond motifs is 1. The smallest absolute Gasteiger partial charge is 0.417 e. The molecular weight excluding hydrogens is 521 g/mol. The van der Waals surface area contributed by atoms with Gasteiger partial charge in [-0.2, -0.15) is 23.4 Å². The molecule has 0 aliphatic carbocycles. The summed E-state index contributed by atoms with van der Waals surface area (Å²) in [5.74, 6) is 0.715.